The molecule has 1 saturated heterocycles. The minimum absolute atomic E-state index is 0.0118. The first kappa shape index (κ1) is 26.4. The number of benzene rings is 3. The highest BCUT2D eigenvalue weighted by Gasteiger charge is 2.47. The van der Waals surface area contributed by atoms with Crippen LogP contribution < -0.4 is 4.90 Å². The van der Waals surface area contributed by atoms with Crippen molar-refractivity contribution in [3.63, 3.8) is 0 Å². The molecule has 1 N–H and O–H groups in total. The van der Waals surface area contributed by atoms with Crippen molar-refractivity contribution >= 4 is 45.0 Å². The molecule has 0 bridgehead atoms. The molecule has 0 spiro atoms. The highest BCUT2D eigenvalue weighted by Crippen LogP contribution is 2.42. The van der Waals surface area contributed by atoms with Crippen LogP contribution in [0.25, 0.3) is 5.76 Å². The van der Waals surface area contributed by atoms with Gasteiger partial charge in [-0.05, 0) is 67.3 Å². The van der Waals surface area contributed by atoms with Gasteiger partial charge in [0.1, 0.15) is 5.76 Å². The number of ether oxygens (including phenoxy) is 1. The number of hydrogen-bond donors (Lipinski definition) is 1. The molecular weight excluding hydrogens is 534 g/mol. The van der Waals surface area contributed by atoms with Crippen molar-refractivity contribution < 1.29 is 24.2 Å². The van der Waals surface area contributed by atoms with E-state index in [1.165, 1.54) is 4.90 Å². The van der Waals surface area contributed by atoms with Crippen LogP contribution in [0.2, 0.25) is 0 Å². The van der Waals surface area contributed by atoms with E-state index in [0.717, 1.165) is 15.6 Å². The largest absolute Gasteiger partial charge is 0.507 e. The molecule has 1 amide bonds. The highest BCUT2D eigenvalue weighted by molar-refractivity contribution is 9.10. The average Bonchev–Trinajstić information content (AvgIpc) is 3.14. The number of carbonyl (C=O) groups excluding carboxylic acids is 3. The van der Waals surface area contributed by atoms with E-state index in [-0.39, 0.29) is 17.3 Å². The fourth-order valence-corrected chi connectivity index (χ4v) is 4.53. The molecule has 37 heavy (non-hydrogen) atoms. The van der Waals surface area contributed by atoms with Crippen LogP contribution >= 0.6 is 15.9 Å². The number of amides is 1. The molecule has 6 nitrogen and oxygen atoms in total. The summed E-state index contributed by atoms with van der Waals surface area (Å²) in [6.07, 6.45) is 0. The third-order valence-corrected chi connectivity index (χ3v) is 7.05. The molecule has 3 aromatic carbocycles. The van der Waals surface area contributed by atoms with Gasteiger partial charge in [-0.1, -0.05) is 65.7 Å². The number of nitrogens with zero attached hydrogens (tertiary/aromatic N) is 1. The fraction of sp³-hybridized carbons (Fsp3) is 0.233. The Morgan fingerprint density at radius 2 is 1.68 bits per heavy atom. The first-order valence-corrected chi connectivity index (χ1v) is 12.8. The van der Waals surface area contributed by atoms with Gasteiger partial charge in [-0.15, -0.1) is 0 Å². The van der Waals surface area contributed by atoms with Crippen molar-refractivity contribution in [2.45, 2.75) is 33.7 Å². The van der Waals surface area contributed by atoms with Crippen LogP contribution in [0.15, 0.2) is 76.8 Å². The molecule has 1 fully saturated rings. The maximum absolute atomic E-state index is 13.4. The summed E-state index contributed by atoms with van der Waals surface area (Å²) in [6, 6.07) is 18.3. The Hall–Kier alpha value is -3.71. The lowest BCUT2D eigenvalue weighted by Gasteiger charge is -2.26. The van der Waals surface area contributed by atoms with E-state index < -0.39 is 23.7 Å². The Morgan fingerprint density at radius 1 is 1.00 bits per heavy atom. The highest BCUT2D eigenvalue weighted by atomic mass is 79.9. The molecule has 0 aromatic heterocycles. The molecule has 1 heterocycles. The van der Waals surface area contributed by atoms with Gasteiger partial charge in [0.05, 0.1) is 23.8 Å². The number of anilines is 1. The monoisotopic (exact) mass is 561 g/mol. The van der Waals surface area contributed by atoms with Crippen LogP contribution in [0.4, 0.5) is 5.69 Å². The van der Waals surface area contributed by atoms with E-state index in [9.17, 15) is 19.5 Å². The summed E-state index contributed by atoms with van der Waals surface area (Å²) in [7, 11) is 0. The number of halogens is 1. The van der Waals surface area contributed by atoms with E-state index in [0.29, 0.717) is 29.0 Å². The predicted octanol–water partition coefficient (Wildman–Crippen LogP) is 6.51. The van der Waals surface area contributed by atoms with Gasteiger partial charge in [0.25, 0.3) is 11.7 Å². The van der Waals surface area contributed by atoms with Crippen molar-refractivity contribution in [1.82, 2.24) is 0 Å². The van der Waals surface area contributed by atoms with Crippen LogP contribution in [-0.4, -0.2) is 29.4 Å². The van der Waals surface area contributed by atoms with Crippen molar-refractivity contribution in [2.24, 2.45) is 5.92 Å². The maximum Gasteiger partial charge on any atom is 0.338 e. The second kappa shape index (κ2) is 10.7. The second-order valence-corrected chi connectivity index (χ2v) is 10.4. The van der Waals surface area contributed by atoms with Gasteiger partial charge in [0.2, 0.25) is 0 Å². The average molecular weight is 562 g/mol. The minimum atomic E-state index is -0.845. The lowest BCUT2D eigenvalue weighted by molar-refractivity contribution is -0.132. The van der Waals surface area contributed by atoms with E-state index >= 15 is 0 Å². The van der Waals surface area contributed by atoms with Gasteiger partial charge in [0, 0.05) is 15.7 Å². The summed E-state index contributed by atoms with van der Waals surface area (Å²) < 4.78 is 6.16. The van der Waals surface area contributed by atoms with Crippen LogP contribution in [0, 0.1) is 19.8 Å². The molecule has 1 aliphatic rings. The van der Waals surface area contributed by atoms with Crippen LogP contribution in [0.5, 0.6) is 0 Å². The molecule has 0 radical (unpaired) electrons. The summed E-state index contributed by atoms with van der Waals surface area (Å²) in [6.45, 7) is 8.01. The van der Waals surface area contributed by atoms with Crippen molar-refractivity contribution in [1.29, 1.82) is 0 Å². The molecule has 3 aromatic rings. The minimum Gasteiger partial charge on any atom is -0.507 e. The molecule has 190 valence electrons. The van der Waals surface area contributed by atoms with Crippen molar-refractivity contribution in [2.75, 3.05) is 11.5 Å². The van der Waals surface area contributed by atoms with E-state index in [2.05, 4.69) is 15.9 Å². The second-order valence-electron chi connectivity index (χ2n) is 9.59. The number of ketones is 1. The summed E-state index contributed by atoms with van der Waals surface area (Å²) >= 11 is 3.45. The maximum atomic E-state index is 13.4. The van der Waals surface area contributed by atoms with Crippen LogP contribution in [0.3, 0.4) is 0 Å². The number of Topliss-reactive ketones (excluding diaryl/α,β-unsaturated/α-hetero) is 1. The smallest absolute Gasteiger partial charge is 0.338 e. The molecule has 7 heteroatoms. The Kier molecular flexibility index (Phi) is 7.64. The molecule has 0 saturated carbocycles. The first-order valence-electron chi connectivity index (χ1n) is 12.0. The number of aliphatic hydroxyl groups excluding tert-OH is 1. The first-order chi connectivity index (χ1) is 17.6. The molecule has 4 rings (SSSR count). The topological polar surface area (TPSA) is 83.9 Å². The zero-order valence-corrected chi connectivity index (χ0v) is 22.7. The summed E-state index contributed by atoms with van der Waals surface area (Å²) in [5.41, 5.74) is 3.75. The summed E-state index contributed by atoms with van der Waals surface area (Å²) in [4.78, 5) is 40.5. The fourth-order valence-electron chi connectivity index (χ4n) is 4.29. The van der Waals surface area contributed by atoms with Gasteiger partial charge in [-0.2, -0.15) is 0 Å². The SMILES string of the molecule is Cc1cccc(C2/C(=C(/O)c3ccc(Br)c(C)c3)C(=O)C(=O)N2c2ccc(C(=O)OCC(C)C)cc2)c1. The van der Waals surface area contributed by atoms with Crippen LogP contribution in [0.1, 0.15) is 52.5 Å². The van der Waals surface area contributed by atoms with Gasteiger partial charge < -0.3 is 9.84 Å². The number of aryl methyl sites for hydroxylation is 2. The molecular formula is C30H28BrNO5. The molecule has 1 atom stereocenters. The number of rotatable bonds is 6. The normalized spacial score (nSPS) is 16.9. The predicted molar refractivity (Wildman–Crippen MR) is 146 cm³/mol. The Balaban J connectivity index is 1.81. The van der Waals surface area contributed by atoms with Gasteiger partial charge in [-0.3, -0.25) is 14.5 Å². The molecule has 1 unspecified atom stereocenters. The summed E-state index contributed by atoms with van der Waals surface area (Å²) in [5, 5.41) is 11.3. The number of aliphatic hydroxyl groups is 1. The zero-order valence-electron chi connectivity index (χ0n) is 21.1. The Labute approximate surface area is 224 Å². The molecule has 0 aliphatic carbocycles. The Morgan fingerprint density at radius 3 is 2.30 bits per heavy atom. The quantitative estimate of drug-likeness (QED) is 0.160. The van der Waals surface area contributed by atoms with E-state index in [1.54, 1.807) is 42.5 Å². The molecule has 1 aliphatic heterocycles. The van der Waals surface area contributed by atoms with Crippen LogP contribution in [-0.2, 0) is 14.3 Å². The van der Waals surface area contributed by atoms with E-state index in [4.69, 9.17) is 4.74 Å². The van der Waals surface area contributed by atoms with Gasteiger partial charge in [-0.25, -0.2) is 4.79 Å². The van der Waals surface area contributed by atoms with Crippen molar-refractivity contribution in [3.05, 3.63) is 105 Å². The number of hydrogen-bond acceptors (Lipinski definition) is 5. The lowest BCUT2D eigenvalue weighted by Crippen LogP contribution is -2.29. The lowest BCUT2D eigenvalue weighted by atomic mass is 9.94. The van der Waals surface area contributed by atoms with Gasteiger partial charge in [0.15, 0.2) is 0 Å². The summed E-state index contributed by atoms with van der Waals surface area (Å²) in [5.74, 6) is -2.01. The zero-order chi connectivity index (χ0) is 26.9. The number of carbonyl (C=O) groups is 3. The van der Waals surface area contributed by atoms with Crippen molar-refractivity contribution in [3.8, 4) is 0 Å². The Bertz CT molecular complexity index is 1410. The standard InChI is InChI=1S/C30H28BrNO5/c1-17(2)16-37-30(36)20-8-11-23(12-9-20)32-26(21-7-5-6-18(3)14-21)25(28(34)29(32)35)27(33)22-10-13-24(31)19(4)15-22/h5-15,17,26,33H,16H2,1-4H3/b27-25-. The third-order valence-electron chi connectivity index (χ3n) is 6.16. The van der Waals surface area contributed by atoms with E-state index in [1.807, 2.05) is 52.0 Å². The third kappa shape index (κ3) is 5.37. The van der Waals surface area contributed by atoms with Gasteiger partial charge >= 0.3 is 5.97 Å². The number of esters is 1.